The van der Waals surface area contributed by atoms with E-state index in [0.29, 0.717) is 5.69 Å². The number of ether oxygens (including phenoxy) is 2. The Morgan fingerprint density at radius 1 is 1.12 bits per heavy atom. The topological polar surface area (TPSA) is 60.5 Å². The van der Waals surface area contributed by atoms with E-state index < -0.39 is 5.97 Å². The number of carbonyl (C=O) groups is 1. The summed E-state index contributed by atoms with van der Waals surface area (Å²) in [4.78, 5) is 16.7. The lowest BCUT2D eigenvalue weighted by Gasteiger charge is -2.15. The van der Waals surface area contributed by atoms with Gasteiger partial charge in [0.2, 0.25) is 0 Å². The fourth-order valence-corrected chi connectivity index (χ4v) is 3.36. The standard InChI is InChI=1S/C20H18N2O3/c1-24-13-9-7-12(8-10-13)18-19-15(11-17(22-18)20(23)25-2)14-5-3-4-6-16(14)21-19/h3-11,14,16,21H,1-2H3. The first-order valence-electron chi connectivity index (χ1n) is 8.10. The second-order valence-electron chi connectivity index (χ2n) is 6.01. The first kappa shape index (κ1) is 15.4. The summed E-state index contributed by atoms with van der Waals surface area (Å²) in [5.41, 5.74) is 4.01. The zero-order valence-corrected chi connectivity index (χ0v) is 14.0. The molecule has 2 atom stereocenters. The van der Waals surface area contributed by atoms with Crippen molar-refractivity contribution >= 4 is 11.7 Å². The molecule has 1 aromatic carbocycles. The number of fused-ring (bicyclic) bond motifs is 3. The highest BCUT2D eigenvalue weighted by Gasteiger charge is 2.33. The molecule has 2 unspecified atom stereocenters. The normalized spacial score (nSPS) is 19.8. The van der Waals surface area contributed by atoms with Crippen molar-refractivity contribution in [2.75, 3.05) is 19.5 Å². The number of anilines is 1. The number of pyridine rings is 1. The van der Waals surface area contributed by atoms with Crippen LogP contribution in [0.1, 0.15) is 22.0 Å². The fourth-order valence-electron chi connectivity index (χ4n) is 3.36. The van der Waals surface area contributed by atoms with Crippen LogP contribution in [0, 0.1) is 0 Å². The number of benzene rings is 1. The number of carbonyl (C=O) groups excluding carboxylic acids is 1. The third-order valence-corrected chi connectivity index (χ3v) is 4.61. The second kappa shape index (κ2) is 6.09. The Morgan fingerprint density at radius 3 is 2.60 bits per heavy atom. The number of nitrogens with one attached hydrogen (secondary N) is 1. The average molecular weight is 334 g/mol. The van der Waals surface area contributed by atoms with E-state index in [4.69, 9.17) is 9.47 Å². The summed E-state index contributed by atoms with van der Waals surface area (Å²) in [6.07, 6.45) is 8.33. The summed E-state index contributed by atoms with van der Waals surface area (Å²) in [5.74, 6) is 0.525. The summed E-state index contributed by atoms with van der Waals surface area (Å²) < 4.78 is 10.1. The fraction of sp³-hybridized carbons (Fsp3) is 0.200. The number of nitrogens with zero attached hydrogens (tertiary/aromatic N) is 1. The van der Waals surface area contributed by atoms with Gasteiger partial charge in [-0.1, -0.05) is 24.3 Å². The molecule has 126 valence electrons. The molecule has 2 aliphatic rings. The average Bonchev–Trinajstić information content (AvgIpc) is 3.05. The number of allylic oxidation sites excluding steroid dienone is 2. The minimum absolute atomic E-state index is 0.173. The summed E-state index contributed by atoms with van der Waals surface area (Å²) in [7, 11) is 3.00. The van der Waals surface area contributed by atoms with Crippen LogP contribution >= 0.6 is 0 Å². The van der Waals surface area contributed by atoms with Crippen LogP contribution in [0.15, 0.2) is 54.6 Å². The molecule has 0 fully saturated rings. The maximum absolute atomic E-state index is 12.1. The van der Waals surface area contributed by atoms with E-state index in [2.05, 4.69) is 22.5 Å². The lowest BCUT2D eigenvalue weighted by atomic mass is 9.91. The molecule has 0 bridgehead atoms. The molecule has 0 saturated carbocycles. The molecular formula is C20H18N2O3. The van der Waals surface area contributed by atoms with Crippen LogP contribution in [0.3, 0.4) is 0 Å². The number of hydrogen-bond acceptors (Lipinski definition) is 5. The van der Waals surface area contributed by atoms with Gasteiger partial charge in [0.25, 0.3) is 0 Å². The Kier molecular flexibility index (Phi) is 3.76. The molecule has 5 nitrogen and oxygen atoms in total. The Balaban J connectivity index is 1.88. The molecule has 0 amide bonds. The second-order valence-corrected chi connectivity index (χ2v) is 6.01. The SMILES string of the molecule is COC(=O)c1cc2c(c(-c3ccc(OC)cc3)n1)NC1C=CC=CC21. The van der Waals surface area contributed by atoms with Crippen LogP contribution in [-0.4, -0.2) is 31.2 Å². The van der Waals surface area contributed by atoms with Crippen LogP contribution in [0.5, 0.6) is 5.75 Å². The minimum atomic E-state index is -0.434. The van der Waals surface area contributed by atoms with Crippen molar-refractivity contribution < 1.29 is 14.3 Å². The number of aromatic nitrogens is 1. The Labute approximate surface area is 146 Å². The molecule has 1 aliphatic carbocycles. The van der Waals surface area contributed by atoms with Crippen molar-refractivity contribution in [3.63, 3.8) is 0 Å². The predicted octanol–water partition coefficient (Wildman–Crippen LogP) is 3.55. The largest absolute Gasteiger partial charge is 0.497 e. The van der Waals surface area contributed by atoms with Gasteiger partial charge in [-0.15, -0.1) is 0 Å². The lowest BCUT2D eigenvalue weighted by Crippen LogP contribution is -2.17. The highest BCUT2D eigenvalue weighted by atomic mass is 16.5. The third kappa shape index (κ3) is 2.58. The maximum Gasteiger partial charge on any atom is 0.356 e. The van der Waals surface area contributed by atoms with Gasteiger partial charge in [0.1, 0.15) is 11.4 Å². The van der Waals surface area contributed by atoms with Gasteiger partial charge in [0.15, 0.2) is 0 Å². The van der Waals surface area contributed by atoms with Gasteiger partial charge in [0, 0.05) is 11.5 Å². The minimum Gasteiger partial charge on any atom is -0.497 e. The van der Waals surface area contributed by atoms with Crippen LogP contribution in [0.4, 0.5) is 5.69 Å². The van der Waals surface area contributed by atoms with Gasteiger partial charge in [-0.3, -0.25) is 0 Å². The first-order chi connectivity index (χ1) is 12.2. The number of esters is 1. The molecule has 1 aliphatic heterocycles. The zero-order chi connectivity index (χ0) is 17.4. The van der Waals surface area contributed by atoms with Crippen LogP contribution < -0.4 is 10.1 Å². The van der Waals surface area contributed by atoms with Crippen LogP contribution in [0.2, 0.25) is 0 Å². The number of methoxy groups -OCH3 is 2. The Hall–Kier alpha value is -3.08. The van der Waals surface area contributed by atoms with Crippen LogP contribution in [0.25, 0.3) is 11.3 Å². The summed E-state index contributed by atoms with van der Waals surface area (Å²) in [6.45, 7) is 0. The predicted molar refractivity (Wildman–Crippen MR) is 96.0 cm³/mol. The van der Waals surface area contributed by atoms with Gasteiger partial charge in [-0.2, -0.15) is 0 Å². The van der Waals surface area contributed by atoms with E-state index in [1.54, 1.807) is 7.11 Å². The van der Waals surface area contributed by atoms with E-state index in [9.17, 15) is 4.79 Å². The molecule has 5 heteroatoms. The molecule has 0 saturated heterocycles. The lowest BCUT2D eigenvalue weighted by molar-refractivity contribution is 0.0594. The van der Waals surface area contributed by atoms with Crippen molar-refractivity contribution in [2.45, 2.75) is 12.0 Å². The van der Waals surface area contributed by atoms with Crippen molar-refractivity contribution in [3.8, 4) is 17.0 Å². The maximum atomic E-state index is 12.1. The van der Waals surface area contributed by atoms with Gasteiger partial charge < -0.3 is 14.8 Å². The zero-order valence-electron chi connectivity index (χ0n) is 14.0. The molecular weight excluding hydrogens is 316 g/mol. The van der Waals surface area contributed by atoms with E-state index in [0.717, 1.165) is 28.3 Å². The molecule has 0 radical (unpaired) electrons. The van der Waals surface area contributed by atoms with E-state index in [-0.39, 0.29) is 12.0 Å². The Morgan fingerprint density at radius 2 is 1.88 bits per heavy atom. The summed E-state index contributed by atoms with van der Waals surface area (Å²) >= 11 is 0. The third-order valence-electron chi connectivity index (χ3n) is 4.61. The quantitative estimate of drug-likeness (QED) is 0.870. The number of hydrogen-bond donors (Lipinski definition) is 1. The summed E-state index contributed by atoms with van der Waals surface area (Å²) in [6, 6.07) is 9.66. The van der Waals surface area contributed by atoms with Crippen molar-refractivity contribution in [3.05, 3.63) is 65.9 Å². The molecule has 1 aromatic heterocycles. The van der Waals surface area contributed by atoms with Crippen molar-refractivity contribution in [1.82, 2.24) is 4.98 Å². The van der Waals surface area contributed by atoms with Crippen molar-refractivity contribution in [1.29, 1.82) is 0 Å². The monoisotopic (exact) mass is 334 g/mol. The van der Waals surface area contributed by atoms with Gasteiger partial charge >= 0.3 is 5.97 Å². The molecule has 4 rings (SSSR count). The molecule has 2 heterocycles. The molecule has 2 aromatic rings. The molecule has 0 spiro atoms. The first-order valence-corrected chi connectivity index (χ1v) is 8.10. The van der Waals surface area contributed by atoms with E-state index in [1.165, 1.54) is 7.11 Å². The molecule has 25 heavy (non-hydrogen) atoms. The molecule has 1 N–H and O–H groups in total. The highest BCUT2D eigenvalue weighted by molar-refractivity contribution is 5.91. The summed E-state index contributed by atoms with van der Waals surface area (Å²) in [5, 5.41) is 3.53. The van der Waals surface area contributed by atoms with E-state index in [1.807, 2.05) is 42.5 Å². The smallest absolute Gasteiger partial charge is 0.356 e. The number of rotatable bonds is 3. The van der Waals surface area contributed by atoms with Crippen LogP contribution in [-0.2, 0) is 4.74 Å². The highest BCUT2D eigenvalue weighted by Crippen LogP contribution is 2.44. The van der Waals surface area contributed by atoms with Gasteiger partial charge in [0.05, 0.1) is 31.6 Å². The van der Waals surface area contributed by atoms with Gasteiger partial charge in [-0.05, 0) is 35.9 Å². The van der Waals surface area contributed by atoms with E-state index >= 15 is 0 Å². The van der Waals surface area contributed by atoms with Crippen molar-refractivity contribution in [2.24, 2.45) is 0 Å². The van der Waals surface area contributed by atoms with Gasteiger partial charge in [-0.25, -0.2) is 9.78 Å². The Bertz CT molecular complexity index is 885.